The van der Waals surface area contributed by atoms with Crippen molar-refractivity contribution in [2.24, 2.45) is 0 Å². The molecule has 115 heavy (non-hydrogen) atoms. The topological polar surface area (TPSA) is 0 Å². The predicted octanol–water partition coefficient (Wildman–Crippen LogP) is 36.4. The first-order chi connectivity index (χ1) is 51.3. The second kappa shape index (κ2) is 55.7. The lowest BCUT2D eigenvalue weighted by atomic mass is 9.97. The summed E-state index contributed by atoms with van der Waals surface area (Å²) in [5.41, 5.74) is 12.5. The van der Waals surface area contributed by atoms with Crippen LogP contribution in [-0.2, 0) is 12.4 Å². The average molecular weight is 1650 g/mol. The first-order valence-corrected chi connectivity index (χ1v) is 39.3. The molecule has 0 saturated heterocycles. The van der Waals surface area contributed by atoms with E-state index < -0.39 is 52.7 Å². The molecule has 0 aliphatic rings. The maximum absolute atomic E-state index is 13.0. The Morgan fingerprint density at radius 2 is 0.574 bits per heavy atom. The van der Waals surface area contributed by atoms with E-state index in [0.717, 1.165) is 39.9 Å². The fourth-order valence-electron chi connectivity index (χ4n) is 9.95. The lowest BCUT2D eigenvalue weighted by Crippen LogP contribution is -2.12. The summed E-state index contributed by atoms with van der Waals surface area (Å²) in [6, 6.07) is 57.0. The number of halogens is 13. The van der Waals surface area contributed by atoms with Crippen LogP contribution in [-0.4, -0.2) is 0 Å². The quantitative estimate of drug-likeness (QED) is 0.120. The number of benzene rings is 9. The second-order valence-corrected chi connectivity index (χ2v) is 32.8. The number of hydrogen-bond donors (Lipinski definition) is 0. The van der Waals surface area contributed by atoms with Crippen molar-refractivity contribution >= 4 is 22.9 Å². The van der Waals surface area contributed by atoms with Gasteiger partial charge < -0.3 is 0 Å². The van der Waals surface area contributed by atoms with Crippen LogP contribution < -0.4 is 0 Å². The minimum atomic E-state index is -4.77. The Bertz CT molecular complexity index is 3970. The van der Waals surface area contributed by atoms with Crippen molar-refractivity contribution in [1.29, 1.82) is 0 Å². The average Bonchev–Trinajstić information content (AvgIpc) is 1.33. The van der Waals surface area contributed by atoms with E-state index >= 15 is 0 Å². The van der Waals surface area contributed by atoms with Gasteiger partial charge >= 0.3 is 12.4 Å². The summed E-state index contributed by atoms with van der Waals surface area (Å²) in [5, 5.41) is 0.841. The van der Waals surface area contributed by atoms with Gasteiger partial charge in [0.25, 0.3) is 0 Å². The van der Waals surface area contributed by atoms with E-state index in [9.17, 15) is 52.7 Å². The normalized spacial score (nSPS) is 10.6. The Kier molecular flexibility index (Phi) is 54.9. The first kappa shape index (κ1) is 113. The zero-order chi connectivity index (χ0) is 85.1. The number of aryl methyl sites for hydroxylation is 6. The van der Waals surface area contributed by atoms with Crippen molar-refractivity contribution in [2.45, 2.75) is 288 Å². The molecule has 0 N–H and O–H groups in total. The molecule has 14 heteroatoms. The molecule has 0 bridgehead atoms. The van der Waals surface area contributed by atoms with E-state index in [0.29, 0.717) is 52.6 Å². The summed E-state index contributed by atoms with van der Waals surface area (Å²) >= 11 is 7.79. The molecule has 0 radical (unpaired) electrons. The van der Waals surface area contributed by atoms with Gasteiger partial charge in [-0.1, -0.05) is 294 Å². The van der Waals surface area contributed by atoms with Gasteiger partial charge in [0.05, 0.1) is 11.1 Å². The van der Waals surface area contributed by atoms with Crippen LogP contribution in [0.3, 0.4) is 0 Å². The van der Waals surface area contributed by atoms with Gasteiger partial charge in [0, 0.05) is 26.4 Å². The van der Waals surface area contributed by atoms with Crippen molar-refractivity contribution in [2.75, 3.05) is 0 Å². The van der Waals surface area contributed by atoms with E-state index in [4.69, 9.17) is 11.6 Å². The van der Waals surface area contributed by atoms with Crippen LogP contribution in [0, 0.1) is 83.4 Å². The summed E-state index contributed by atoms with van der Waals surface area (Å²) in [6.07, 6.45) is -9.55. The zero-order valence-corrected chi connectivity index (χ0v) is 72.1. The summed E-state index contributed by atoms with van der Waals surface area (Å²) < 4.78 is 151. The van der Waals surface area contributed by atoms with Crippen LogP contribution >= 0.6 is 22.9 Å². The van der Waals surface area contributed by atoms with Gasteiger partial charge in [0.2, 0.25) is 0 Å². The van der Waals surface area contributed by atoms with Gasteiger partial charge in [-0.05, 0) is 259 Å². The summed E-state index contributed by atoms with van der Waals surface area (Å²) in [5.74, 6) is 1.86. The van der Waals surface area contributed by atoms with Crippen molar-refractivity contribution in [3.8, 4) is 0 Å². The molecule has 0 aliphatic heterocycles. The maximum Gasteiger partial charge on any atom is 0.416 e. The highest BCUT2D eigenvalue weighted by Crippen LogP contribution is 2.38. The molecular formula is C101H139ClF12S. The third kappa shape index (κ3) is 46.0. The number of thiophene rings is 1. The standard InChI is InChI=1S/C11H10F6.C10H13Cl.C10H12F2.2C10H13F.2C10H14.C9H10F2.C9H12.C8H12S.4CH4/c1-6(2)7-3-8(10(12,13)14)5-9(4-7)11(15,16)17;1-7(2)9-4-8(3)5-10(11)6-9;1-6(2)8-4-9(11)7(3)10(12)5-8;1-7(2)9-4-8(3)5-10(11)6-9;1-7(2)9-4-5-10(11)8(3)6-9;2*1-8(2)10-6-4-9(3)5-7-10;1-6(2)7-3-8(10)5-9(11)4-7;1-8(2)9-6-4-3-5-7-9;1-6(2)8-5-4-7(3)9-8;;;;/h3-6H,1-2H3;4-7H,1-3H3;4-6H,1-3H3;2*4-7H,1-3H3;2*4-8H,1-3H3;3-6H,1-2H3;3-8H,1-2H3;4-6H,1-3H3;4*1H4. The Hall–Kier alpha value is -7.87. The highest BCUT2D eigenvalue weighted by Gasteiger charge is 2.37. The van der Waals surface area contributed by atoms with E-state index in [1.165, 1.54) is 105 Å². The fraction of sp³-hybridized carbons (Fsp3) is 0.426. The molecule has 0 nitrogen and oxygen atoms in total. The molecule has 1 heterocycles. The molecule has 10 rings (SSSR count). The number of alkyl halides is 6. The molecule has 9 aromatic carbocycles. The SMILES string of the molecule is C.C.C.C.CC(C)c1cc(C(F)(F)F)cc(C(F)(F)F)c1.CC(C)c1cc(F)cc(F)c1.CC(C)c1ccccc1.Cc1c(F)cc(C(C)C)cc1F.Cc1cc(C(C)C)ccc1F.Cc1cc(Cl)cc(C(C)C)c1.Cc1cc(F)cc(C(C)C)c1.Cc1ccc(C(C)C)cc1.Cc1ccc(C(C)C)cc1.Cc1ccc(C(C)C)s1. The van der Waals surface area contributed by atoms with E-state index in [1.807, 2.05) is 82.4 Å². The second-order valence-electron chi connectivity index (χ2n) is 31.0. The van der Waals surface area contributed by atoms with Gasteiger partial charge in [0.1, 0.15) is 34.9 Å². The third-order valence-electron chi connectivity index (χ3n) is 17.4. The van der Waals surface area contributed by atoms with Crippen molar-refractivity contribution in [1.82, 2.24) is 0 Å². The maximum atomic E-state index is 13.0. The van der Waals surface area contributed by atoms with E-state index in [2.05, 4.69) is 216 Å². The molecule has 10 aromatic rings. The number of hydrogen-bond acceptors (Lipinski definition) is 1. The Morgan fingerprint density at radius 1 is 0.261 bits per heavy atom. The van der Waals surface area contributed by atoms with Crippen LogP contribution in [0.1, 0.15) is 332 Å². The molecule has 0 amide bonds. The van der Waals surface area contributed by atoms with Gasteiger partial charge in [-0.25, -0.2) is 26.3 Å². The predicted molar refractivity (Wildman–Crippen MR) is 478 cm³/mol. The Balaban J connectivity index is -0.000000596. The van der Waals surface area contributed by atoms with E-state index in [1.54, 1.807) is 19.1 Å². The van der Waals surface area contributed by atoms with Gasteiger partial charge in [-0.15, -0.1) is 11.3 Å². The molecule has 0 saturated carbocycles. The zero-order valence-electron chi connectivity index (χ0n) is 70.6. The lowest BCUT2D eigenvalue weighted by Gasteiger charge is -2.15. The van der Waals surface area contributed by atoms with Gasteiger partial charge in [0.15, 0.2) is 0 Å². The van der Waals surface area contributed by atoms with Crippen LogP contribution in [0.2, 0.25) is 5.02 Å². The molecule has 0 atom stereocenters. The summed E-state index contributed by atoms with van der Waals surface area (Å²) in [6.45, 7) is 54.7. The van der Waals surface area contributed by atoms with Crippen LogP contribution in [0.5, 0.6) is 0 Å². The van der Waals surface area contributed by atoms with Crippen molar-refractivity contribution in [3.63, 3.8) is 0 Å². The molecule has 0 fully saturated rings. The minimum absolute atomic E-state index is 0. The lowest BCUT2D eigenvalue weighted by molar-refractivity contribution is -0.143. The summed E-state index contributed by atoms with van der Waals surface area (Å²) in [7, 11) is 0. The number of rotatable bonds is 10. The Morgan fingerprint density at radius 3 is 0.870 bits per heavy atom. The van der Waals surface area contributed by atoms with Gasteiger partial charge in [-0.2, -0.15) is 26.3 Å². The molecule has 0 spiro atoms. The fourth-order valence-corrected chi connectivity index (χ4v) is 11.1. The molecular weight excluding hydrogens is 1510 g/mol. The van der Waals surface area contributed by atoms with Crippen molar-refractivity contribution < 1.29 is 52.7 Å². The van der Waals surface area contributed by atoms with Crippen molar-refractivity contribution in [3.05, 3.63) is 338 Å². The summed E-state index contributed by atoms with van der Waals surface area (Å²) in [4.78, 5) is 2.91. The molecule has 0 aliphatic carbocycles. The minimum Gasteiger partial charge on any atom is -0.207 e. The largest absolute Gasteiger partial charge is 0.416 e. The van der Waals surface area contributed by atoms with Crippen LogP contribution in [0.4, 0.5) is 52.7 Å². The van der Waals surface area contributed by atoms with Crippen LogP contribution in [0.25, 0.3) is 0 Å². The highest BCUT2D eigenvalue weighted by molar-refractivity contribution is 7.12. The van der Waals surface area contributed by atoms with Gasteiger partial charge in [-0.3, -0.25) is 0 Å². The van der Waals surface area contributed by atoms with Crippen LogP contribution in [0.15, 0.2) is 194 Å². The molecule has 0 unspecified atom stereocenters. The monoisotopic (exact) mass is 1650 g/mol. The Labute approximate surface area is 698 Å². The molecule has 1 aromatic heterocycles. The first-order valence-electron chi connectivity index (χ1n) is 38.1. The highest BCUT2D eigenvalue weighted by atomic mass is 35.5. The smallest absolute Gasteiger partial charge is 0.207 e. The molecule has 640 valence electrons. The third-order valence-corrected chi connectivity index (χ3v) is 18.9. The van der Waals surface area contributed by atoms with E-state index in [-0.39, 0.29) is 70.4 Å².